The molecule has 3 N–H and O–H groups in total. The van der Waals surface area contributed by atoms with Gasteiger partial charge in [-0.25, -0.2) is 0 Å². The van der Waals surface area contributed by atoms with Crippen LogP contribution in [0.2, 0.25) is 0 Å². The molecule has 3 heteroatoms. The third-order valence-corrected chi connectivity index (χ3v) is 5.00. The van der Waals surface area contributed by atoms with E-state index >= 15 is 0 Å². The SMILES string of the molecule is CC(C)(C)C1CCN(CCC(N)(CO)c2ccccc2)C1. The van der Waals surface area contributed by atoms with Crippen molar-refractivity contribution in [3.8, 4) is 0 Å². The third-order valence-electron chi connectivity index (χ3n) is 5.00. The molecule has 0 aromatic heterocycles. The molecule has 1 aliphatic heterocycles. The minimum atomic E-state index is -0.624. The Morgan fingerprint density at radius 2 is 1.90 bits per heavy atom. The van der Waals surface area contributed by atoms with Crippen LogP contribution < -0.4 is 5.73 Å². The summed E-state index contributed by atoms with van der Waals surface area (Å²) >= 11 is 0. The fourth-order valence-electron chi connectivity index (χ4n) is 3.19. The zero-order chi connectivity index (χ0) is 15.5. The van der Waals surface area contributed by atoms with E-state index in [1.165, 1.54) is 6.42 Å². The van der Waals surface area contributed by atoms with E-state index in [-0.39, 0.29) is 6.61 Å². The van der Waals surface area contributed by atoms with Crippen LogP contribution >= 0.6 is 0 Å². The van der Waals surface area contributed by atoms with E-state index in [0.717, 1.165) is 37.5 Å². The number of hydrogen-bond donors (Lipinski definition) is 2. The molecule has 1 aliphatic rings. The summed E-state index contributed by atoms with van der Waals surface area (Å²) in [5.41, 5.74) is 7.22. The van der Waals surface area contributed by atoms with Crippen LogP contribution in [0, 0.1) is 11.3 Å². The quantitative estimate of drug-likeness (QED) is 0.876. The van der Waals surface area contributed by atoms with E-state index in [2.05, 4.69) is 25.7 Å². The van der Waals surface area contributed by atoms with E-state index in [4.69, 9.17) is 5.73 Å². The predicted molar refractivity (Wildman–Crippen MR) is 88.0 cm³/mol. The lowest BCUT2D eigenvalue weighted by Crippen LogP contribution is -2.43. The molecular weight excluding hydrogens is 260 g/mol. The van der Waals surface area contributed by atoms with Crippen LogP contribution in [0.4, 0.5) is 0 Å². The molecule has 3 nitrogen and oxygen atoms in total. The van der Waals surface area contributed by atoms with E-state index in [1.54, 1.807) is 0 Å². The van der Waals surface area contributed by atoms with Crippen molar-refractivity contribution in [1.29, 1.82) is 0 Å². The number of likely N-dealkylation sites (tertiary alicyclic amines) is 1. The fourth-order valence-corrected chi connectivity index (χ4v) is 3.19. The van der Waals surface area contributed by atoms with Crippen molar-refractivity contribution in [2.24, 2.45) is 17.1 Å². The number of nitrogens with two attached hydrogens (primary N) is 1. The summed E-state index contributed by atoms with van der Waals surface area (Å²) in [6.07, 6.45) is 2.07. The normalized spacial score (nSPS) is 23.2. The molecule has 1 saturated heterocycles. The molecule has 0 amide bonds. The van der Waals surface area contributed by atoms with Crippen molar-refractivity contribution in [2.45, 2.75) is 39.2 Å². The molecule has 1 fully saturated rings. The fraction of sp³-hybridized carbons (Fsp3) is 0.667. The second kappa shape index (κ2) is 6.47. The van der Waals surface area contributed by atoms with Crippen molar-refractivity contribution in [2.75, 3.05) is 26.2 Å². The first-order chi connectivity index (χ1) is 9.85. The summed E-state index contributed by atoms with van der Waals surface area (Å²) in [7, 11) is 0. The van der Waals surface area contributed by atoms with Crippen LogP contribution in [0.25, 0.3) is 0 Å². The Balaban J connectivity index is 1.93. The number of aliphatic hydroxyl groups excluding tert-OH is 1. The van der Waals surface area contributed by atoms with E-state index in [0.29, 0.717) is 5.41 Å². The minimum Gasteiger partial charge on any atom is -0.394 e. The molecule has 1 aromatic rings. The Hall–Kier alpha value is -0.900. The van der Waals surface area contributed by atoms with Crippen molar-refractivity contribution < 1.29 is 5.11 Å². The number of benzene rings is 1. The van der Waals surface area contributed by atoms with Crippen molar-refractivity contribution >= 4 is 0 Å². The molecule has 2 rings (SSSR count). The smallest absolute Gasteiger partial charge is 0.0656 e. The molecule has 0 aliphatic carbocycles. The number of aliphatic hydroxyl groups is 1. The van der Waals surface area contributed by atoms with Crippen LogP contribution in [0.3, 0.4) is 0 Å². The van der Waals surface area contributed by atoms with Gasteiger partial charge in [-0.15, -0.1) is 0 Å². The van der Waals surface area contributed by atoms with Gasteiger partial charge in [0.2, 0.25) is 0 Å². The van der Waals surface area contributed by atoms with Gasteiger partial charge in [0.1, 0.15) is 0 Å². The lowest BCUT2D eigenvalue weighted by Gasteiger charge is -2.31. The van der Waals surface area contributed by atoms with Gasteiger partial charge in [0.25, 0.3) is 0 Å². The molecule has 0 spiro atoms. The molecule has 0 bridgehead atoms. The average Bonchev–Trinajstić information content (AvgIpc) is 2.95. The van der Waals surface area contributed by atoms with E-state index in [1.807, 2.05) is 30.3 Å². The van der Waals surface area contributed by atoms with Gasteiger partial charge in [0.15, 0.2) is 0 Å². The van der Waals surface area contributed by atoms with Gasteiger partial charge < -0.3 is 15.7 Å². The summed E-state index contributed by atoms with van der Waals surface area (Å²) in [6, 6.07) is 9.97. The predicted octanol–water partition coefficient (Wildman–Crippen LogP) is 2.59. The molecule has 0 saturated carbocycles. The summed E-state index contributed by atoms with van der Waals surface area (Å²) in [6.45, 7) is 10.2. The third kappa shape index (κ3) is 4.06. The largest absolute Gasteiger partial charge is 0.394 e. The summed E-state index contributed by atoms with van der Waals surface area (Å²) < 4.78 is 0. The molecule has 1 heterocycles. The Labute approximate surface area is 129 Å². The Kier molecular flexibility index (Phi) is 5.07. The minimum absolute atomic E-state index is 0.00640. The second-order valence-corrected chi connectivity index (χ2v) is 7.58. The molecule has 2 atom stereocenters. The topological polar surface area (TPSA) is 49.5 Å². The zero-order valence-electron chi connectivity index (χ0n) is 13.7. The van der Waals surface area contributed by atoms with Gasteiger partial charge in [-0.2, -0.15) is 0 Å². The highest BCUT2D eigenvalue weighted by atomic mass is 16.3. The van der Waals surface area contributed by atoms with E-state index < -0.39 is 5.54 Å². The molecule has 1 aromatic carbocycles. The number of hydrogen-bond acceptors (Lipinski definition) is 3. The molecular formula is C18H30N2O. The Morgan fingerprint density at radius 1 is 1.24 bits per heavy atom. The van der Waals surface area contributed by atoms with Gasteiger partial charge in [-0.3, -0.25) is 0 Å². The first-order valence-corrected chi connectivity index (χ1v) is 8.03. The summed E-state index contributed by atoms with van der Waals surface area (Å²) in [5, 5.41) is 9.75. The second-order valence-electron chi connectivity index (χ2n) is 7.58. The molecule has 0 radical (unpaired) electrons. The molecule has 118 valence electrons. The molecule has 21 heavy (non-hydrogen) atoms. The number of rotatable bonds is 5. The van der Waals surface area contributed by atoms with Crippen molar-refractivity contribution in [3.05, 3.63) is 35.9 Å². The number of nitrogens with zero attached hydrogens (tertiary/aromatic N) is 1. The Morgan fingerprint density at radius 3 is 2.43 bits per heavy atom. The van der Waals surface area contributed by atoms with Crippen LogP contribution in [-0.4, -0.2) is 36.2 Å². The van der Waals surface area contributed by atoms with Crippen molar-refractivity contribution in [3.63, 3.8) is 0 Å². The van der Waals surface area contributed by atoms with Gasteiger partial charge in [0, 0.05) is 13.1 Å². The average molecular weight is 290 g/mol. The van der Waals surface area contributed by atoms with Gasteiger partial charge in [0.05, 0.1) is 12.1 Å². The molecule has 2 unspecified atom stereocenters. The highest BCUT2D eigenvalue weighted by molar-refractivity contribution is 5.24. The first-order valence-electron chi connectivity index (χ1n) is 8.03. The summed E-state index contributed by atoms with van der Waals surface area (Å²) in [4.78, 5) is 2.50. The van der Waals surface area contributed by atoms with Crippen LogP contribution in [0.5, 0.6) is 0 Å². The van der Waals surface area contributed by atoms with Crippen LogP contribution in [0.1, 0.15) is 39.2 Å². The maximum atomic E-state index is 9.75. The van der Waals surface area contributed by atoms with Gasteiger partial charge >= 0.3 is 0 Å². The van der Waals surface area contributed by atoms with Gasteiger partial charge in [-0.05, 0) is 36.3 Å². The highest BCUT2D eigenvalue weighted by Crippen LogP contribution is 2.34. The maximum Gasteiger partial charge on any atom is 0.0656 e. The standard InChI is InChI=1S/C18H30N2O/c1-17(2,3)16-9-11-20(13-16)12-10-18(19,14-21)15-7-5-4-6-8-15/h4-8,16,21H,9-14,19H2,1-3H3. The van der Waals surface area contributed by atoms with Gasteiger partial charge in [-0.1, -0.05) is 51.1 Å². The lowest BCUT2D eigenvalue weighted by atomic mass is 9.80. The van der Waals surface area contributed by atoms with E-state index in [9.17, 15) is 5.11 Å². The zero-order valence-corrected chi connectivity index (χ0v) is 13.7. The summed E-state index contributed by atoms with van der Waals surface area (Å²) in [5.74, 6) is 0.760. The monoisotopic (exact) mass is 290 g/mol. The maximum absolute atomic E-state index is 9.75. The van der Waals surface area contributed by atoms with Crippen LogP contribution in [0.15, 0.2) is 30.3 Å². The Bertz CT molecular complexity index is 440. The van der Waals surface area contributed by atoms with Crippen molar-refractivity contribution in [1.82, 2.24) is 4.90 Å². The first kappa shape index (κ1) is 16.5. The van der Waals surface area contributed by atoms with Crippen LogP contribution in [-0.2, 0) is 5.54 Å². The lowest BCUT2D eigenvalue weighted by molar-refractivity contribution is 0.164. The highest BCUT2D eigenvalue weighted by Gasteiger charge is 2.33.